The highest BCUT2D eigenvalue weighted by Gasteiger charge is 2.38. The van der Waals surface area contributed by atoms with Crippen molar-refractivity contribution in [2.45, 2.75) is 51.5 Å². The third-order valence-electron chi connectivity index (χ3n) is 2.91. The van der Waals surface area contributed by atoms with Crippen molar-refractivity contribution in [3.05, 3.63) is 0 Å². The monoisotopic (exact) mass is 215 g/mol. The summed E-state index contributed by atoms with van der Waals surface area (Å²) in [4.78, 5) is 21.3. The average molecular weight is 215 g/mol. The highest BCUT2D eigenvalue weighted by molar-refractivity contribution is 5.78. The fraction of sp³-hybridized carbons (Fsp3) is 0.818. The normalized spacial score (nSPS) is 16.7. The second-order valence-corrected chi connectivity index (χ2v) is 4.09. The Balaban J connectivity index is 4.43. The number of aldehydes is 1. The smallest absolute Gasteiger partial charge is 0.323 e. The number of carbonyl (C=O) groups excluding carboxylic acids is 1. The summed E-state index contributed by atoms with van der Waals surface area (Å²) in [5.41, 5.74) is 4.71. The first-order chi connectivity index (χ1) is 6.99. The summed E-state index contributed by atoms with van der Waals surface area (Å²) in [6.45, 7) is 3.86. The molecule has 0 aliphatic heterocycles. The molecule has 3 N–H and O–H groups in total. The van der Waals surface area contributed by atoms with Crippen LogP contribution >= 0.6 is 0 Å². The quantitative estimate of drug-likeness (QED) is 0.476. The summed E-state index contributed by atoms with van der Waals surface area (Å²) < 4.78 is 0. The molecule has 15 heavy (non-hydrogen) atoms. The number of unbranched alkanes of at least 4 members (excludes halogenated alkanes) is 1. The molecule has 0 spiro atoms. The first kappa shape index (κ1) is 14.1. The highest BCUT2D eigenvalue weighted by Crippen LogP contribution is 2.25. The minimum atomic E-state index is -1.18. The molecule has 4 nitrogen and oxygen atoms in total. The van der Waals surface area contributed by atoms with E-state index >= 15 is 0 Å². The Morgan fingerprint density at radius 1 is 1.60 bits per heavy atom. The maximum atomic E-state index is 11.1. The van der Waals surface area contributed by atoms with Crippen LogP contribution in [0.3, 0.4) is 0 Å². The van der Waals surface area contributed by atoms with Gasteiger partial charge in [0.1, 0.15) is 11.8 Å². The van der Waals surface area contributed by atoms with E-state index in [-0.39, 0.29) is 5.92 Å². The molecule has 0 heterocycles. The van der Waals surface area contributed by atoms with Gasteiger partial charge in [0.25, 0.3) is 0 Å². The van der Waals surface area contributed by atoms with E-state index in [1.807, 2.05) is 13.8 Å². The molecule has 0 aromatic rings. The van der Waals surface area contributed by atoms with Crippen molar-refractivity contribution in [3.63, 3.8) is 0 Å². The van der Waals surface area contributed by atoms with Crippen molar-refractivity contribution in [1.29, 1.82) is 0 Å². The number of hydrogen-bond acceptors (Lipinski definition) is 3. The van der Waals surface area contributed by atoms with Crippen LogP contribution in [0.5, 0.6) is 0 Å². The molecule has 0 bridgehead atoms. The molecule has 88 valence electrons. The summed E-state index contributed by atoms with van der Waals surface area (Å²) in [5.74, 6) is -1.03. The summed E-state index contributed by atoms with van der Waals surface area (Å²) in [6, 6.07) is 0. The maximum absolute atomic E-state index is 11.1. The van der Waals surface area contributed by atoms with Crippen LogP contribution in [0.2, 0.25) is 0 Å². The van der Waals surface area contributed by atoms with Gasteiger partial charge in [0, 0.05) is 6.42 Å². The van der Waals surface area contributed by atoms with E-state index < -0.39 is 11.5 Å². The largest absolute Gasteiger partial charge is 0.480 e. The number of carboxylic acids is 1. The third kappa shape index (κ3) is 4.00. The molecule has 4 heteroatoms. The average Bonchev–Trinajstić information content (AvgIpc) is 2.18. The lowest BCUT2D eigenvalue weighted by molar-refractivity contribution is -0.146. The van der Waals surface area contributed by atoms with E-state index in [0.717, 1.165) is 19.1 Å². The Hall–Kier alpha value is -0.900. The standard InChI is InChI=1S/C11H21NO3/c1-3-6-9(2)11(12,10(14)15)7-4-5-8-13/h8-9H,3-7,12H2,1-2H3,(H,14,15). The van der Waals surface area contributed by atoms with Crippen molar-refractivity contribution in [3.8, 4) is 0 Å². The first-order valence-electron chi connectivity index (χ1n) is 5.45. The Kier molecular flexibility index (Phi) is 6.17. The summed E-state index contributed by atoms with van der Waals surface area (Å²) in [5, 5.41) is 9.12. The minimum Gasteiger partial charge on any atom is -0.480 e. The van der Waals surface area contributed by atoms with Crippen molar-refractivity contribution >= 4 is 12.3 Å². The van der Waals surface area contributed by atoms with E-state index in [0.29, 0.717) is 19.3 Å². The van der Waals surface area contributed by atoms with E-state index in [1.165, 1.54) is 0 Å². The topological polar surface area (TPSA) is 80.4 Å². The number of carboxylic acid groups (broad SMARTS) is 1. The van der Waals surface area contributed by atoms with Crippen LogP contribution < -0.4 is 5.73 Å². The SMILES string of the molecule is CCCC(C)C(N)(CCCC=O)C(=O)O. The Morgan fingerprint density at radius 2 is 2.20 bits per heavy atom. The van der Waals surface area contributed by atoms with Gasteiger partial charge in [0.2, 0.25) is 0 Å². The van der Waals surface area contributed by atoms with Crippen LogP contribution in [0, 0.1) is 5.92 Å². The molecule has 0 radical (unpaired) electrons. The Bertz CT molecular complexity index is 218. The fourth-order valence-corrected chi connectivity index (χ4v) is 1.73. The molecular formula is C11H21NO3. The van der Waals surface area contributed by atoms with Gasteiger partial charge in [-0.25, -0.2) is 0 Å². The third-order valence-corrected chi connectivity index (χ3v) is 2.91. The van der Waals surface area contributed by atoms with E-state index in [4.69, 9.17) is 10.8 Å². The van der Waals surface area contributed by atoms with E-state index in [9.17, 15) is 9.59 Å². The zero-order chi connectivity index (χ0) is 11.9. The molecule has 2 atom stereocenters. The summed E-state index contributed by atoms with van der Waals surface area (Å²) in [7, 11) is 0. The lowest BCUT2D eigenvalue weighted by Crippen LogP contribution is -2.53. The molecule has 0 aliphatic carbocycles. The van der Waals surface area contributed by atoms with Crippen LogP contribution in [0.25, 0.3) is 0 Å². The van der Waals surface area contributed by atoms with Gasteiger partial charge in [-0.05, 0) is 25.2 Å². The molecule has 2 unspecified atom stereocenters. The van der Waals surface area contributed by atoms with Crippen LogP contribution in [0.1, 0.15) is 46.0 Å². The van der Waals surface area contributed by atoms with Gasteiger partial charge in [-0.3, -0.25) is 4.79 Å². The van der Waals surface area contributed by atoms with E-state index in [2.05, 4.69) is 0 Å². The van der Waals surface area contributed by atoms with Crippen LogP contribution in [-0.2, 0) is 9.59 Å². The van der Waals surface area contributed by atoms with Crippen molar-refractivity contribution in [2.75, 3.05) is 0 Å². The van der Waals surface area contributed by atoms with Gasteiger partial charge in [-0.2, -0.15) is 0 Å². The van der Waals surface area contributed by atoms with Gasteiger partial charge in [0.15, 0.2) is 0 Å². The molecule has 0 aromatic carbocycles. The molecule has 0 fully saturated rings. The first-order valence-corrected chi connectivity index (χ1v) is 5.45. The summed E-state index contributed by atoms with van der Waals surface area (Å²) >= 11 is 0. The summed E-state index contributed by atoms with van der Waals surface area (Å²) in [6.07, 6.45) is 3.80. The van der Waals surface area contributed by atoms with Gasteiger partial charge >= 0.3 is 5.97 Å². The Morgan fingerprint density at radius 3 is 2.60 bits per heavy atom. The molecule has 0 saturated heterocycles. The fourth-order valence-electron chi connectivity index (χ4n) is 1.73. The predicted molar refractivity (Wildman–Crippen MR) is 58.5 cm³/mol. The molecule has 0 aromatic heterocycles. The van der Waals surface area contributed by atoms with Gasteiger partial charge in [0.05, 0.1) is 0 Å². The zero-order valence-corrected chi connectivity index (χ0v) is 9.53. The van der Waals surface area contributed by atoms with Crippen LogP contribution in [-0.4, -0.2) is 22.9 Å². The highest BCUT2D eigenvalue weighted by atomic mass is 16.4. The number of hydrogen-bond donors (Lipinski definition) is 2. The lowest BCUT2D eigenvalue weighted by Gasteiger charge is -2.31. The Labute approximate surface area is 90.8 Å². The van der Waals surface area contributed by atoms with E-state index in [1.54, 1.807) is 0 Å². The van der Waals surface area contributed by atoms with Crippen LogP contribution in [0.15, 0.2) is 0 Å². The van der Waals surface area contributed by atoms with Crippen molar-refractivity contribution < 1.29 is 14.7 Å². The van der Waals surface area contributed by atoms with Gasteiger partial charge < -0.3 is 15.6 Å². The number of aliphatic carboxylic acids is 1. The number of carbonyl (C=O) groups is 2. The predicted octanol–water partition coefficient (Wildman–Crippen LogP) is 1.57. The molecule has 0 saturated carbocycles. The number of nitrogens with two attached hydrogens (primary N) is 1. The second kappa shape index (κ2) is 6.56. The maximum Gasteiger partial charge on any atom is 0.323 e. The van der Waals surface area contributed by atoms with Gasteiger partial charge in [-0.15, -0.1) is 0 Å². The zero-order valence-electron chi connectivity index (χ0n) is 9.53. The van der Waals surface area contributed by atoms with Crippen molar-refractivity contribution in [2.24, 2.45) is 11.7 Å². The van der Waals surface area contributed by atoms with Gasteiger partial charge in [-0.1, -0.05) is 20.3 Å². The number of rotatable bonds is 8. The molecule has 0 amide bonds. The van der Waals surface area contributed by atoms with Crippen molar-refractivity contribution in [1.82, 2.24) is 0 Å². The minimum absolute atomic E-state index is 0.0633. The molecule has 0 aliphatic rings. The second-order valence-electron chi connectivity index (χ2n) is 4.09. The van der Waals surface area contributed by atoms with Crippen LogP contribution in [0.4, 0.5) is 0 Å². The lowest BCUT2D eigenvalue weighted by atomic mass is 9.79. The molecule has 0 rings (SSSR count). The molecular weight excluding hydrogens is 194 g/mol.